The molecule has 1 N–H and O–H groups in total. The van der Waals surface area contributed by atoms with E-state index in [0.29, 0.717) is 11.1 Å². The van der Waals surface area contributed by atoms with E-state index in [1.54, 1.807) is 48.5 Å². The van der Waals surface area contributed by atoms with Crippen molar-refractivity contribution in [2.24, 2.45) is 0 Å². The third kappa shape index (κ3) is 2.28. The third-order valence-electron chi connectivity index (χ3n) is 2.54. The van der Waals surface area contributed by atoms with Crippen LogP contribution in [0, 0.1) is 0 Å². The minimum absolute atomic E-state index is 0.499. The quantitative estimate of drug-likeness (QED) is 0.833. The average molecular weight is 216 g/mol. The molecule has 0 unspecified atom stereocenters. The highest BCUT2D eigenvalue weighted by molar-refractivity contribution is 5.24. The number of benzene rings is 2. The molecule has 0 aliphatic carbocycles. The van der Waals surface area contributed by atoms with Gasteiger partial charge in [-0.2, -0.15) is 0 Å². The number of aliphatic hydroxyl groups excluding tert-OH is 1. The molecule has 0 bridgehead atoms. The minimum Gasteiger partial charge on any atom is -0.385 e. The molecule has 0 radical (unpaired) electrons. The summed E-state index contributed by atoms with van der Waals surface area (Å²) in [6.45, 7) is 0. The molecule has 2 aromatic carbocycles. The summed E-state index contributed by atoms with van der Waals surface area (Å²) in [6.07, 6.45) is -2.49. The van der Waals surface area contributed by atoms with Crippen LogP contribution in [0.25, 0.3) is 0 Å². The first-order valence-electron chi connectivity index (χ1n) is 5.21. The number of rotatable bonds is 3. The van der Waals surface area contributed by atoms with Crippen molar-refractivity contribution < 1.29 is 9.50 Å². The van der Waals surface area contributed by atoms with Crippen LogP contribution < -0.4 is 0 Å². The Kier molecular flexibility index (Phi) is 3.32. The van der Waals surface area contributed by atoms with Gasteiger partial charge in [-0.3, -0.25) is 0 Å². The molecule has 16 heavy (non-hydrogen) atoms. The van der Waals surface area contributed by atoms with Gasteiger partial charge in [0, 0.05) is 0 Å². The van der Waals surface area contributed by atoms with Crippen LogP contribution in [0.5, 0.6) is 0 Å². The predicted molar refractivity (Wildman–Crippen MR) is 61.7 cm³/mol. The zero-order chi connectivity index (χ0) is 11.4. The molecule has 0 aromatic heterocycles. The molecule has 0 fully saturated rings. The maximum atomic E-state index is 14.0. The van der Waals surface area contributed by atoms with Crippen LogP contribution in [0.15, 0.2) is 60.7 Å². The Hall–Kier alpha value is -1.67. The SMILES string of the molecule is O[C@@H](c1ccccc1)[C@H](F)c1ccccc1. The molecule has 0 aliphatic rings. The summed E-state index contributed by atoms with van der Waals surface area (Å²) in [4.78, 5) is 0. The van der Waals surface area contributed by atoms with Crippen molar-refractivity contribution in [1.29, 1.82) is 0 Å². The summed E-state index contributed by atoms with van der Waals surface area (Å²) in [5.74, 6) is 0. The van der Waals surface area contributed by atoms with E-state index in [9.17, 15) is 9.50 Å². The number of aliphatic hydroxyl groups is 1. The van der Waals surface area contributed by atoms with Crippen molar-refractivity contribution >= 4 is 0 Å². The Morgan fingerprint density at radius 3 is 1.69 bits per heavy atom. The summed E-state index contributed by atoms with van der Waals surface area (Å²) >= 11 is 0. The highest BCUT2D eigenvalue weighted by Crippen LogP contribution is 2.31. The van der Waals surface area contributed by atoms with Gasteiger partial charge in [0.25, 0.3) is 0 Å². The monoisotopic (exact) mass is 216 g/mol. The van der Waals surface area contributed by atoms with Gasteiger partial charge in [0.2, 0.25) is 0 Å². The van der Waals surface area contributed by atoms with Crippen LogP contribution in [0.4, 0.5) is 4.39 Å². The van der Waals surface area contributed by atoms with Crippen molar-refractivity contribution in [3.05, 3.63) is 71.8 Å². The van der Waals surface area contributed by atoms with Gasteiger partial charge < -0.3 is 5.11 Å². The first-order valence-corrected chi connectivity index (χ1v) is 5.21. The highest BCUT2D eigenvalue weighted by atomic mass is 19.1. The van der Waals surface area contributed by atoms with E-state index in [1.807, 2.05) is 12.1 Å². The van der Waals surface area contributed by atoms with E-state index < -0.39 is 12.3 Å². The van der Waals surface area contributed by atoms with Gasteiger partial charge in [0.1, 0.15) is 6.10 Å². The first kappa shape index (κ1) is 10.8. The van der Waals surface area contributed by atoms with Gasteiger partial charge in [-0.25, -0.2) is 4.39 Å². The van der Waals surface area contributed by atoms with Gasteiger partial charge in [0.15, 0.2) is 6.17 Å². The summed E-state index contributed by atoms with van der Waals surface area (Å²) in [6, 6.07) is 17.6. The Morgan fingerprint density at radius 1 is 0.750 bits per heavy atom. The minimum atomic E-state index is -1.39. The van der Waals surface area contributed by atoms with E-state index in [2.05, 4.69) is 0 Å². The average Bonchev–Trinajstić information content (AvgIpc) is 2.39. The molecular formula is C14H13FO. The zero-order valence-electron chi connectivity index (χ0n) is 8.75. The summed E-state index contributed by atoms with van der Waals surface area (Å²) in [5, 5.41) is 9.87. The predicted octanol–water partition coefficient (Wildman–Crippen LogP) is 3.43. The second kappa shape index (κ2) is 4.90. The molecule has 1 nitrogen and oxygen atoms in total. The van der Waals surface area contributed by atoms with E-state index in [1.165, 1.54) is 0 Å². The Labute approximate surface area is 94.2 Å². The van der Waals surface area contributed by atoms with Crippen LogP contribution in [0.1, 0.15) is 23.4 Å². The molecule has 2 rings (SSSR count). The molecule has 2 heteroatoms. The Bertz CT molecular complexity index is 384. The molecule has 82 valence electrons. The maximum Gasteiger partial charge on any atom is 0.155 e. The van der Waals surface area contributed by atoms with Crippen molar-refractivity contribution in [3.63, 3.8) is 0 Å². The van der Waals surface area contributed by atoms with Crippen molar-refractivity contribution in [3.8, 4) is 0 Å². The van der Waals surface area contributed by atoms with Crippen LogP contribution >= 0.6 is 0 Å². The third-order valence-corrected chi connectivity index (χ3v) is 2.54. The fraction of sp³-hybridized carbons (Fsp3) is 0.143. The summed E-state index contributed by atoms with van der Waals surface area (Å²) in [7, 11) is 0. The smallest absolute Gasteiger partial charge is 0.155 e. The molecule has 2 aromatic rings. The Balaban J connectivity index is 2.20. The lowest BCUT2D eigenvalue weighted by Gasteiger charge is -2.16. The van der Waals surface area contributed by atoms with E-state index in [4.69, 9.17) is 0 Å². The number of alkyl halides is 1. The molecule has 0 saturated carbocycles. The van der Waals surface area contributed by atoms with Gasteiger partial charge in [-0.15, -0.1) is 0 Å². The van der Waals surface area contributed by atoms with Gasteiger partial charge >= 0.3 is 0 Å². The lowest BCUT2D eigenvalue weighted by Crippen LogP contribution is -2.06. The number of hydrogen-bond acceptors (Lipinski definition) is 1. The van der Waals surface area contributed by atoms with Crippen LogP contribution in [-0.4, -0.2) is 5.11 Å². The van der Waals surface area contributed by atoms with Crippen molar-refractivity contribution in [2.75, 3.05) is 0 Å². The highest BCUT2D eigenvalue weighted by Gasteiger charge is 2.21. The van der Waals surface area contributed by atoms with E-state index in [0.717, 1.165) is 0 Å². The van der Waals surface area contributed by atoms with Gasteiger partial charge in [-0.05, 0) is 11.1 Å². The number of hydrogen-bond donors (Lipinski definition) is 1. The second-order valence-corrected chi connectivity index (χ2v) is 3.67. The molecule has 0 amide bonds. The molecule has 0 spiro atoms. The Morgan fingerprint density at radius 2 is 1.19 bits per heavy atom. The normalized spacial score (nSPS) is 14.4. The largest absolute Gasteiger partial charge is 0.385 e. The molecular weight excluding hydrogens is 203 g/mol. The van der Waals surface area contributed by atoms with Crippen LogP contribution in [-0.2, 0) is 0 Å². The maximum absolute atomic E-state index is 14.0. The number of halogens is 1. The standard InChI is InChI=1S/C14H13FO/c15-13(11-7-3-1-4-8-11)14(16)12-9-5-2-6-10-12/h1-10,13-14,16H/t13-,14+/m1/s1. The lowest BCUT2D eigenvalue weighted by atomic mass is 10.00. The first-order chi connectivity index (χ1) is 7.79. The second-order valence-electron chi connectivity index (χ2n) is 3.67. The van der Waals surface area contributed by atoms with Crippen molar-refractivity contribution in [1.82, 2.24) is 0 Å². The summed E-state index contributed by atoms with van der Waals surface area (Å²) < 4.78 is 14.0. The van der Waals surface area contributed by atoms with Crippen LogP contribution in [0.3, 0.4) is 0 Å². The fourth-order valence-electron chi connectivity index (χ4n) is 1.64. The fourth-order valence-corrected chi connectivity index (χ4v) is 1.64. The van der Waals surface area contributed by atoms with Gasteiger partial charge in [0.05, 0.1) is 0 Å². The zero-order valence-corrected chi connectivity index (χ0v) is 8.75. The van der Waals surface area contributed by atoms with E-state index >= 15 is 0 Å². The topological polar surface area (TPSA) is 20.2 Å². The molecule has 0 heterocycles. The van der Waals surface area contributed by atoms with Crippen molar-refractivity contribution in [2.45, 2.75) is 12.3 Å². The molecule has 0 aliphatic heterocycles. The molecule has 2 atom stereocenters. The molecule has 0 saturated heterocycles. The lowest BCUT2D eigenvalue weighted by molar-refractivity contribution is 0.0775. The summed E-state index contributed by atoms with van der Waals surface area (Å²) in [5.41, 5.74) is 1.10. The van der Waals surface area contributed by atoms with E-state index in [-0.39, 0.29) is 0 Å². The van der Waals surface area contributed by atoms with Crippen LogP contribution in [0.2, 0.25) is 0 Å². The van der Waals surface area contributed by atoms with Gasteiger partial charge in [-0.1, -0.05) is 60.7 Å².